The average molecular weight is 783 g/mol. The molecule has 0 N–H and O–H groups in total. The first-order valence-corrected chi connectivity index (χ1v) is 20.1. The smallest absolute Gasteiger partial charge is 0.326 e. The molecule has 0 unspecified atom stereocenters. The number of amides is 3. The van der Waals surface area contributed by atoms with Gasteiger partial charge in [0.15, 0.2) is 0 Å². The SMILES string of the molecule is CCOc1cc(C(C)(C)C)ncc1C1=N[C@@](C)(c2ccc(Cl)cc2)[C@@](C)(c2ccc(Cl)cc2)N1C(=O)N1CCC(CC(=O)N(CC)c2cccc(C)c2)CC1. The lowest BCUT2D eigenvalue weighted by Gasteiger charge is -2.47. The minimum atomic E-state index is -1.04. The maximum atomic E-state index is 15.4. The molecule has 0 bridgehead atoms. The number of aromatic nitrogens is 1. The van der Waals surface area contributed by atoms with Gasteiger partial charge < -0.3 is 14.5 Å². The number of hydrogen-bond acceptors (Lipinski definition) is 5. The molecular formula is C45H53Cl2N5O3. The summed E-state index contributed by atoms with van der Waals surface area (Å²) in [6.07, 6.45) is 3.65. The molecule has 2 aliphatic rings. The highest BCUT2D eigenvalue weighted by atomic mass is 35.5. The molecule has 1 aromatic heterocycles. The monoisotopic (exact) mass is 781 g/mol. The first-order chi connectivity index (χ1) is 26.1. The van der Waals surface area contributed by atoms with Gasteiger partial charge in [-0.3, -0.25) is 19.7 Å². The van der Waals surface area contributed by atoms with Crippen LogP contribution in [0.3, 0.4) is 0 Å². The number of aryl methyl sites for hydroxylation is 1. The number of ether oxygens (including phenoxy) is 1. The fourth-order valence-corrected chi connectivity index (χ4v) is 8.23. The topological polar surface area (TPSA) is 78.3 Å². The van der Waals surface area contributed by atoms with Crippen LogP contribution < -0.4 is 9.64 Å². The van der Waals surface area contributed by atoms with E-state index in [9.17, 15) is 4.79 Å². The van der Waals surface area contributed by atoms with E-state index in [4.69, 9.17) is 37.9 Å². The number of halogens is 2. The lowest BCUT2D eigenvalue weighted by Crippen LogP contribution is -2.59. The Kier molecular flexibility index (Phi) is 11.7. The van der Waals surface area contributed by atoms with Gasteiger partial charge in [-0.05, 0) is 106 Å². The van der Waals surface area contributed by atoms with Crippen molar-refractivity contribution in [2.75, 3.05) is 31.1 Å². The first kappa shape index (κ1) is 40.3. The van der Waals surface area contributed by atoms with Crippen LogP contribution in [0, 0.1) is 12.8 Å². The number of nitrogens with zero attached hydrogens (tertiary/aromatic N) is 5. The van der Waals surface area contributed by atoms with Gasteiger partial charge in [0.2, 0.25) is 5.91 Å². The van der Waals surface area contributed by atoms with E-state index in [-0.39, 0.29) is 23.3 Å². The van der Waals surface area contributed by atoms with Crippen molar-refractivity contribution in [3.05, 3.63) is 123 Å². The highest BCUT2D eigenvalue weighted by Crippen LogP contribution is 2.54. The fraction of sp³-hybridized carbons (Fsp3) is 0.422. The molecule has 8 nitrogen and oxygen atoms in total. The molecule has 55 heavy (non-hydrogen) atoms. The Balaban J connectivity index is 1.40. The van der Waals surface area contributed by atoms with Gasteiger partial charge >= 0.3 is 6.03 Å². The number of carbonyl (C=O) groups excluding carboxylic acids is 2. The van der Waals surface area contributed by atoms with Gasteiger partial charge in [-0.1, -0.05) is 80.4 Å². The molecule has 2 atom stereocenters. The molecule has 3 amide bonds. The maximum Gasteiger partial charge on any atom is 0.326 e. The van der Waals surface area contributed by atoms with Crippen molar-refractivity contribution >= 4 is 46.7 Å². The van der Waals surface area contributed by atoms with E-state index in [0.717, 1.165) is 28.1 Å². The molecule has 6 rings (SSSR count). The van der Waals surface area contributed by atoms with Crippen LogP contribution >= 0.6 is 23.2 Å². The number of piperidine rings is 1. The third-order valence-corrected chi connectivity index (χ3v) is 11.9. The Labute approximate surface area is 336 Å². The quantitative estimate of drug-likeness (QED) is 0.169. The lowest BCUT2D eigenvalue weighted by atomic mass is 9.71. The summed E-state index contributed by atoms with van der Waals surface area (Å²) in [6, 6.07) is 25.2. The van der Waals surface area contributed by atoms with Gasteiger partial charge in [-0.25, -0.2) is 4.79 Å². The number of pyridine rings is 1. The number of amidine groups is 1. The molecule has 0 saturated carbocycles. The Bertz CT molecular complexity index is 2050. The van der Waals surface area contributed by atoms with E-state index in [1.54, 1.807) is 6.20 Å². The Morgan fingerprint density at radius 2 is 1.53 bits per heavy atom. The van der Waals surface area contributed by atoms with E-state index < -0.39 is 11.1 Å². The summed E-state index contributed by atoms with van der Waals surface area (Å²) in [6.45, 7) is 18.5. The van der Waals surface area contributed by atoms with E-state index in [2.05, 4.69) is 40.7 Å². The zero-order valence-electron chi connectivity index (χ0n) is 33.3. The molecule has 0 spiro atoms. The number of likely N-dealkylation sites (tertiary alicyclic amines) is 1. The van der Waals surface area contributed by atoms with Gasteiger partial charge in [-0.2, -0.15) is 0 Å². The maximum absolute atomic E-state index is 15.4. The molecule has 2 aliphatic heterocycles. The Morgan fingerprint density at radius 3 is 2.09 bits per heavy atom. The molecule has 10 heteroatoms. The van der Waals surface area contributed by atoms with E-state index in [1.165, 1.54) is 0 Å². The van der Waals surface area contributed by atoms with Crippen LogP contribution in [0.25, 0.3) is 0 Å². The molecule has 1 saturated heterocycles. The molecular weight excluding hydrogens is 729 g/mol. The zero-order chi connectivity index (χ0) is 39.7. The van der Waals surface area contributed by atoms with Gasteiger partial charge in [0.25, 0.3) is 0 Å². The van der Waals surface area contributed by atoms with Crippen LogP contribution in [0.5, 0.6) is 5.75 Å². The van der Waals surface area contributed by atoms with Crippen molar-refractivity contribution in [3.63, 3.8) is 0 Å². The number of rotatable bonds is 9. The van der Waals surface area contributed by atoms with Crippen LogP contribution in [0.15, 0.2) is 90.1 Å². The second-order valence-corrected chi connectivity index (χ2v) is 16.9. The molecule has 290 valence electrons. The van der Waals surface area contributed by atoms with Crippen LogP contribution in [-0.2, 0) is 21.3 Å². The van der Waals surface area contributed by atoms with E-state index >= 15 is 4.79 Å². The highest BCUT2D eigenvalue weighted by Gasteiger charge is 2.60. The van der Waals surface area contributed by atoms with Crippen LogP contribution in [0.4, 0.5) is 10.5 Å². The predicted octanol–water partition coefficient (Wildman–Crippen LogP) is 10.6. The summed E-state index contributed by atoms with van der Waals surface area (Å²) in [4.78, 5) is 45.1. The average Bonchev–Trinajstić information content (AvgIpc) is 3.39. The normalized spacial score (nSPS) is 20.4. The number of aliphatic imine (C=N–C) groups is 1. The minimum absolute atomic E-state index is 0.107. The lowest BCUT2D eigenvalue weighted by molar-refractivity contribution is -0.119. The van der Waals surface area contributed by atoms with Gasteiger partial charge in [-0.15, -0.1) is 0 Å². The van der Waals surface area contributed by atoms with Crippen molar-refractivity contribution in [1.29, 1.82) is 0 Å². The summed E-state index contributed by atoms with van der Waals surface area (Å²) in [5.74, 6) is 1.35. The molecule has 1 fully saturated rings. The zero-order valence-corrected chi connectivity index (χ0v) is 34.8. The third kappa shape index (κ3) is 7.86. The van der Waals surface area contributed by atoms with Gasteiger partial charge in [0.1, 0.15) is 22.7 Å². The summed E-state index contributed by atoms with van der Waals surface area (Å²) in [5, 5.41) is 1.21. The number of carbonyl (C=O) groups is 2. The molecule has 0 aliphatic carbocycles. The summed E-state index contributed by atoms with van der Waals surface area (Å²) < 4.78 is 6.31. The standard InChI is InChI=1S/C45H53Cl2N5O3/c1-9-51(36-13-11-12-30(3)26-36)40(53)27-31-22-24-50(25-23-31)42(54)52-41(37-29-48-39(43(4,5)6)28-38(37)55-10-2)49-44(7,32-14-18-34(46)19-15-32)45(52,8)33-16-20-35(47)21-17-33/h11-21,26,28-29,31H,9-10,22-25,27H2,1-8H3/t44-,45+/m0/s1. The van der Waals surface area contributed by atoms with Crippen molar-refractivity contribution in [2.45, 2.75) is 91.1 Å². The van der Waals surface area contributed by atoms with Crippen molar-refractivity contribution in [3.8, 4) is 5.75 Å². The molecule has 4 aromatic rings. The first-order valence-electron chi connectivity index (χ1n) is 19.3. The third-order valence-electron chi connectivity index (χ3n) is 11.4. The molecule has 3 heterocycles. The highest BCUT2D eigenvalue weighted by molar-refractivity contribution is 6.30. The second kappa shape index (κ2) is 16.0. The van der Waals surface area contributed by atoms with Crippen LogP contribution in [-0.4, -0.2) is 58.8 Å². The number of anilines is 1. The van der Waals surface area contributed by atoms with Gasteiger partial charge in [0, 0.05) is 65.2 Å². The molecule has 3 aromatic carbocycles. The number of benzene rings is 3. The second-order valence-electron chi connectivity index (χ2n) is 16.1. The fourth-order valence-electron chi connectivity index (χ4n) is 7.98. The van der Waals surface area contributed by atoms with Crippen LogP contribution in [0.2, 0.25) is 10.0 Å². The summed E-state index contributed by atoms with van der Waals surface area (Å²) in [5.41, 5.74) is 3.07. The van der Waals surface area contributed by atoms with Gasteiger partial charge in [0.05, 0.1) is 12.2 Å². The number of hydrogen-bond donors (Lipinski definition) is 0. The largest absolute Gasteiger partial charge is 0.493 e. The minimum Gasteiger partial charge on any atom is -0.493 e. The Hall–Kier alpha value is -4.40. The number of urea groups is 1. The van der Waals surface area contributed by atoms with E-state index in [1.807, 2.05) is 108 Å². The predicted molar refractivity (Wildman–Crippen MR) is 224 cm³/mol. The van der Waals surface area contributed by atoms with E-state index in [0.29, 0.717) is 72.7 Å². The van der Waals surface area contributed by atoms with Crippen molar-refractivity contribution in [2.24, 2.45) is 10.9 Å². The molecule has 0 radical (unpaired) electrons. The van der Waals surface area contributed by atoms with Crippen molar-refractivity contribution < 1.29 is 14.3 Å². The summed E-state index contributed by atoms with van der Waals surface area (Å²) >= 11 is 12.9. The van der Waals surface area contributed by atoms with Crippen LogP contribution in [0.1, 0.15) is 95.7 Å². The van der Waals surface area contributed by atoms with Crippen molar-refractivity contribution in [1.82, 2.24) is 14.8 Å². The summed E-state index contributed by atoms with van der Waals surface area (Å²) in [7, 11) is 0. The Morgan fingerprint density at radius 1 is 0.909 bits per heavy atom.